The zero-order chi connectivity index (χ0) is 21.9. The van der Waals surface area contributed by atoms with Gasteiger partial charge in [0.25, 0.3) is 0 Å². The summed E-state index contributed by atoms with van der Waals surface area (Å²) in [5.41, 5.74) is 3.74. The molecule has 0 aromatic heterocycles. The van der Waals surface area contributed by atoms with Gasteiger partial charge in [0.2, 0.25) is 0 Å². The van der Waals surface area contributed by atoms with E-state index in [0.29, 0.717) is 22.9 Å². The maximum absolute atomic E-state index is 6.85. The lowest BCUT2D eigenvalue weighted by Gasteiger charge is -2.38. The van der Waals surface area contributed by atoms with Crippen molar-refractivity contribution in [3.63, 3.8) is 0 Å². The highest BCUT2D eigenvalue weighted by atomic mass is 28.4. The van der Waals surface area contributed by atoms with Crippen LogP contribution in [0.2, 0.25) is 37.3 Å². The highest BCUT2D eigenvalue weighted by Crippen LogP contribution is 2.59. The Balaban J connectivity index is 1.63. The van der Waals surface area contributed by atoms with Crippen molar-refractivity contribution in [2.75, 3.05) is 0 Å². The van der Waals surface area contributed by atoms with E-state index in [4.69, 9.17) is 4.12 Å². The molecule has 1 aliphatic carbocycles. The fraction of sp³-hybridized carbons (Fsp3) is 0.286. The molecule has 0 spiro atoms. The van der Waals surface area contributed by atoms with E-state index in [1.54, 1.807) is 0 Å². The lowest BCUT2D eigenvalue weighted by atomic mass is 9.82. The summed E-state index contributed by atoms with van der Waals surface area (Å²) in [4.78, 5) is 0. The van der Waals surface area contributed by atoms with Gasteiger partial charge >= 0.3 is 0 Å². The number of hydrogen-bond donors (Lipinski definition) is 0. The predicted molar refractivity (Wildman–Crippen MR) is 140 cm³/mol. The number of allylic oxidation sites excluding steroid dienone is 6. The molecule has 1 fully saturated rings. The Labute approximate surface area is 190 Å². The third-order valence-electron chi connectivity index (χ3n) is 6.76. The number of fused-ring (bicyclic) bond motifs is 1. The van der Waals surface area contributed by atoms with Crippen molar-refractivity contribution in [1.29, 1.82) is 0 Å². The lowest BCUT2D eigenvalue weighted by Crippen LogP contribution is -2.38. The lowest BCUT2D eigenvalue weighted by molar-refractivity contribution is 0.477. The van der Waals surface area contributed by atoms with Gasteiger partial charge in [-0.2, -0.15) is 0 Å². The molecule has 0 N–H and O–H groups in total. The predicted octanol–water partition coefficient (Wildman–Crippen LogP) is 7.95. The third-order valence-corrected chi connectivity index (χ3v) is 15.8. The van der Waals surface area contributed by atoms with E-state index in [1.807, 2.05) is 0 Å². The van der Waals surface area contributed by atoms with Crippen LogP contribution in [0, 0.1) is 11.8 Å². The fourth-order valence-electron chi connectivity index (χ4n) is 5.50. The molecule has 2 aliphatic rings. The highest BCUT2D eigenvalue weighted by molar-refractivity contribution is 6.92. The van der Waals surface area contributed by atoms with Crippen LogP contribution in [0.25, 0.3) is 12.2 Å². The molecule has 3 heteroatoms. The molecule has 1 nitrogen and oxygen atoms in total. The molecular weight excluding hydrogens is 408 g/mol. The normalized spacial score (nSPS) is 29.2. The Bertz CT molecular complexity index is 986. The van der Waals surface area contributed by atoms with Crippen LogP contribution in [0.1, 0.15) is 11.1 Å². The van der Waals surface area contributed by atoms with E-state index in [9.17, 15) is 0 Å². The van der Waals surface area contributed by atoms with Gasteiger partial charge < -0.3 is 4.12 Å². The molecule has 0 bridgehead atoms. The van der Waals surface area contributed by atoms with Gasteiger partial charge in [0.05, 0.1) is 0 Å². The molecule has 0 saturated carbocycles. The van der Waals surface area contributed by atoms with Gasteiger partial charge in [0.1, 0.15) is 0 Å². The van der Waals surface area contributed by atoms with Crippen molar-refractivity contribution in [1.82, 2.24) is 0 Å². The minimum absolute atomic E-state index is 0.404. The molecule has 0 radical (unpaired) electrons. The van der Waals surface area contributed by atoms with Gasteiger partial charge in [0.15, 0.2) is 16.6 Å². The second kappa shape index (κ2) is 9.11. The van der Waals surface area contributed by atoms with E-state index in [1.165, 1.54) is 11.1 Å². The van der Waals surface area contributed by atoms with Crippen molar-refractivity contribution in [3.8, 4) is 0 Å². The first-order chi connectivity index (χ1) is 14.9. The average molecular weight is 443 g/mol. The summed E-state index contributed by atoms with van der Waals surface area (Å²) in [7, 11) is -3.47. The number of hydrogen-bond acceptors (Lipinski definition) is 1. The third kappa shape index (κ3) is 5.00. The quantitative estimate of drug-likeness (QED) is 0.259. The summed E-state index contributed by atoms with van der Waals surface area (Å²) in [6.07, 6.45) is 18.7. The highest BCUT2D eigenvalue weighted by Gasteiger charge is 2.59. The summed E-state index contributed by atoms with van der Waals surface area (Å²) in [5, 5.41) is 0. The van der Waals surface area contributed by atoms with Crippen molar-refractivity contribution >= 4 is 28.8 Å². The summed E-state index contributed by atoms with van der Waals surface area (Å²) in [6.45, 7) is 9.69. The summed E-state index contributed by atoms with van der Waals surface area (Å²) < 4.78 is 6.85. The molecule has 1 aliphatic heterocycles. The maximum Gasteiger partial charge on any atom is 0.180 e. The zero-order valence-corrected chi connectivity index (χ0v) is 21.1. The minimum atomic E-state index is -1.77. The molecule has 1 heterocycles. The van der Waals surface area contributed by atoms with Crippen LogP contribution >= 0.6 is 0 Å². The number of benzene rings is 2. The van der Waals surface area contributed by atoms with Gasteiger partial charge in [-0.15, -0.1) is 0 Å². The first kappa shape index (κ1) is 22.0. The molecule has 160 valence electrons. The van der Waals surface area contributed by atoms with E-state index >= 15 is 0 Å². The molecule has 2 aromatic carbocycles. The Kier molecular flexibility index (Phi) is 6.47. The summed E-state index contributed by atoms with van der Waals surface area (Å²) in [5.74, 6) is 0.882. The van der Waals surface area contributed by atoms with Gasteiger partial charge in [-0.05, 0) is 54.3 Å². The largest absolute Gasteiger partial charge is 0.455 e. The first-order valence-electron chi connectivity index (χ1n) is 11.4. The topological polar surface area (TPSA) is 9.23 Å². The van der Waals surface area contributed by atoms with Crippen molar-refractivity contribution in [2.24, 2.45) is 11.8 Å². The average Bonchev–Trinajstić information content (AvgIpc) is 2.95. The van der Waals surface area contributed by atoms with Crippen molar-refractivity contribution in [3.05, 3.63) is 108 Å². The van der Waals surface area contributed by atoms with Crippen LogP contribution in [-0.4, -0.2) is 16.6 Å². The molecule has 0 amide bonds. The van der Waals surface area contributed by atoms with E-state index in [0.717, 1.165) is 0 Å². The Morgan fingerprint density at radius 3 is 1.94 bits per heavy atom. The van der Waals surface area contributed by atoms with Crippen LogP contribution in [-0.2, 0) is 4.12 Å². The van der Waals surface area contributed by atoms with E-state index < -0.39 is 16.6 Å². The van der Waals surface area contributed by atoms with Gasteiger partial charge in [-0.25, -0.2) is 0 Å². The van der Waals surface area contributed by atoms with Crippen LogP contribution in [0.3, 0.4) is 0 Å². The molecule has 4 atom stereocenters. The van der Waals surface area contributed by atoms with E-state index in [2.05, 4.69) is 135 Å². The summed E-state index contributed by atoms with van der Waals surface area (Å²) >= 11 is 0. The Hall–Kier alpha value is -2.21. The van der Waals surface area contributed by atoms with Gasteiger partial charge in [0, 0.05) is 5.92 Å². The van der Waals surface area contributed by atoms with Crippen molar-refractivity contribution < 1.29 is 4.12 Å². The molecule has 1 saturated heterocycles. The minimum Gasteiger partial charge on any atom is -0.455 e. The molecule has 4 rings (SSSR count). The fourth-order valence-corrected chi connectivity index (χ4v) is 18.3. The van der Waals surface area contributed by atoms with Crippen molar-refractivity contribution in [2.45, 2.75) is 37.3 Å². The molecule has 0 unspecified atom stereocenters. The second-order valence-electron chi connectivity index (χ2n) is 9.82. The van der Waals surface area contributed by atoms with E-state index in [-0.39, 0.29) is 0 Å². The van der Waals surface area contributed by atoms with Crippen LogP contribution in [0.4, 0.5) is 0 Å². The smallest absolute Gasteiger partial charge is 0.180 e. The maximum atomic E-state index is 6.85. The van der Waals surface area contributed by atoms with Gasteiger partial charge in [-0.1, -0.05) is 109 Å². The first-order valence-corrected chi connectivity index (χ1v) is 17.4. The molecular formula is C28H34OSi2. The van der Waals surface area contributed by atoms with Crippen LogP contribution in [0.15, 0.2) is 97.1 Å². The molecule has 31 heavy (non-hydrogen) atoms. The van der Waals surface area contributed by atoms with Crippen LogP contribution < -0.4 is 0 Å². The molecule has 2 aromatic rings. The van der Waals surface area contributed by atoms with Gasteiger partial charge in [-0.3, -0.25) is 0 Å². The Morgan fingerprint density at radius 2 is 1.29 bits per heavy atom. The zero-order valence-electron chi connectivity index (χ0n) is 19.1. The standard InChI is InChI=1S/C28H34OSi2/c1-30(2)27-22-21-25(20-19-24-15-9-6-10-16-24)26(28(27)31(3,4)29-30)18-12-11-17-23-13-7-5-8-14-23/h5-22,25-28H,1-4H3/b17-11+,18-12+,20-19+/t25-,26-,27+,28+/m0/s1. The number of rotatable bonds is 5. The Morgan fingerprint density at radius 1 is 0.677 bits per heavy atom. The monoisotopic (exact) mass is 442 g/mol. The second-order valence-corrected chi connectivity index (χ2v) is 18.4. The van der Waals surface area contributed by atoms with Crippen LogP contribution in [0.5, 0.6) is 0 Å². The SMILES string of the molecule is C[Si]1(C)O[Si](C)(C)[C@@H]2C=C[C@H](/C=C/c3ccccc3)[C@H](/C=C/C=C/c3ccccc3)[C@H]21. The summed E-state index contributed by atoms with van der Waals surface area (Å²) in [6, 6.07) is 21.1.